The number of hydrogen-bond donors (Lipinski definition) is 2. The summed E-state index contributed by atoms with van der Waals surface area (Å²) in [7, 11) is 1.82. The van der Waals surface area contributed by atoms with E-state index in [2.05, 4.69) is 29.5 Å². The van der Waals surface area contributed by atoms with Gasteiger partial charge in [-0.05, 0) is 30.7 Å². The van der Waals surface area contributed by atoms with E-state index in [1.54, 1.807) is 12.4 Å². The van der Waals surface area contributed by atoms with Gasteiger partial charge in [0.15, 0.2) is 0 Å². The second-order valence-electron chi connectivity index (χ2n) is 5.94. The number of carbonyl (C=O) groups excluding carboxylic acids is 1. The largest absolute Gasteiger partial charge is 0.387 e. The number of rotatable bonds is 4. The van der Waals surface area contributed by atoms with Crippen LogP contribution in [0.5, 0.6) is 0 Å². The minimum atomic E-state index is -0.0139. The second-order valence-corrected chi connectivity index (χ2v) is 5.94. The summed E-state index contributed by atoms with van der Waals surface area (Å²) in [6.07, 6.45) is 8.12. The third kappa shape index (κ3) is 3.30. The highest BCUT2D eigenvalue weighted by molar-refractivity contribution is 5.99. The molecule has 2 rings (SSSR count). The molecule has 1 saturated carbocycles. The highest BCUT2D eigenvalue weighted by Gasteiger charge is 2.29. The fraction of sp³-hybridized carbons (Fsp3) is 0.625. The van der Waals surface area contributed by atoms with Crippen LogP contribution in [0.15, 0.2) is 18.5 Å². The summed E-state index contributed by atoms with van der Waals surface area (Å²) in [4.78, 5) is 16.5. The first-order valence-electron chi connectivity index (χ1n) is 7.56. The minimum absolute atomic E-state index is 0.0139. The van der Waals surface area contributed by atoms with Crippen LogP contribution in [-0.4, -0.2) is 24.0 Å². The van der Waals surface area contributed by atoms with E-state index in [-0.39, 0.29) is 5.91 Å². The number of pyridine rings is 1. The van der Waals surface area contributed by atoms with Gasteiger partial charge in [-0.3, -0.25) is 9.78 Å². The molecular weight excluding hydrogens is 250 g/mol. The van der Waals surface area contributed by atoms with Crippen LogP contribution in [0.3, 0.4) is 0 Å². The first kappa shape index (κ1) is 14.8. The van der Waals surface area contributed by atoms with Gasteiger partial charge in [0, 0.05) is 31.2 Å². The van der Waals surface area contributed by atoms with E-state index in [1.807, 2.05) is 13.1 Å². The molecule has 20 heavy (non-hydrogen) atoms. The zero-order valence-electron chi connectivity index (χ0n) is 12.6. The van der Waals surface area contributed by atoms with Gasteiger partial charge in [-0.2, -0.15) is 0 Å². The topological polar surface area (TPSA) is 54.0 Å². The molecule has 1 aromatic rings. The number of amides is 1. The molecule has 0 aromatic carbocycles. The summed E-state index contributed by atoms with van der Waals surface area (Å²) in [6.45, 7) is 4.50. The van der Waals surface area contributed by atoms with Gasteiger partial charge in [0.05, 0.1) is 5.56 Å². The van der Waals surface area contributed by atoms with Crippen molar-refractivity contribution in [2.75, 3.05) is 12.4 Å². The average molecular weight is 275 g/mol. The lowest BCUT2D eigenvalue weighted by Gasteiger charge is -2.35. The Hall–Kier alpha value is -1.58. The first-order valence-corrected chi connectivity index (χ1v) is 7.56. The maximum absolute atomic E-state index is 12.5. The van der Waals surface area contributed by atoms with Crippen molar-refractivity contribution >= 4 is 11.6 Å². The molecule has 1 aliphatic rings. The molecule has 2 unspecified atom stereocenters. The van der Waals surface area contributed by atoms with Crippen molar-refractivity contribution in [1.82, 2.24) is 10.3 Å². The van der Waals surface area contributed by atoms with E-state index in [0.717, 1.165) is 12.1 Å². The van der Waals surface area contributed by atoms with Crippen molar-refractivity contribution in [2.24, 2.45) is 11.8 Å². The number of nitrogens with zero attached hydrogens (tertiary/aromatic N) is 1. The lowest BCUT2D eigenvalue weighted by atomic mass is 9.78. The maximum atomic E-state index is 12.5. The van der Waals surface area contributed by atoms with Gasteiger partial charge in [0.25, 0.3) is 5.91 Å². The van der Waals surface area contributed by atoms with E-state index in [4.69, 9.17) is 0 Å². The Morgan fingerprint density at radius 2 is 2.10 bits per heavy atom. The molecule has 1 fully saturated rings. The predicted molar refractivity (Wildman–Crippen MR) is 81.8 cm³/mol. The monoisotopic (exact) mass is 275 g/mol. The first-order chi connectivity index (χ1) is 9.63. The molecule has 2 N–H and O–H groups in total. The molecule has 0 saturated heterocycles. The normalized spacial score (nSPS) is 22.6. The highest BCUT2D eigenvalue weighted by atomic mass is 16.1. The van der Waals surface area contributed by atoms with Crippen LogP contribution in [0.25, 0.3) is 0 Å². The van der Waals surface area contributed by atoms with Crippen molar-refractivity contribution in [2.45, 2.75) is 45.6 Å². The average Bonchev–Trinajstić information content (AvgIpc) is 2.47. The standard InChI is InChI=1S/C16H25N3O/c1-11(2)12-6-4-5-7-15(12)19-16(20)13-10-18-9-8-14(13)17-3/h8-12,15H,4-7H2,1-3H3,(H,17,18)(H,19,20). The SMILES string of the molecule is CNc1ccncc1C(=O)NC1CCCCC1C(C)C. The van der Waals surface area contributed by atoms with E-state index in [9.17, 15) is 4.79 Å². The summed E-state index contributed by atoms with van der Waals surface area (Å²) in [6, 6.07) is 2.12. The van der Waals surface area contributed by atoms with Gasteiger partial charge in [0.2, 0.25) is 0 Å². The smallest absolute Gasteiger partial charge is 0.255 e. The minimum Gasteiger partial charge on any atom is -0.387 e. The zero-order chi connectivity index (χ0) is 14.5. The lowest BCUT2D eigenvalue weighted by molar-refractivity contribution is 0.0889. The van der Waals surface area contributed by atoms with Gasteiger partial charge >= 0.3 is 0 Å². The Kier molecular flexibility index (Phi) is 4.99. The molecule has 0 bridgehead atoms. The predicted octanol–water partition coefficient (Wildman–Crippen LogP) is 3.07. The van der Waals surface area contributed by atoms with Gasteiger partial charge in [-0.15, -0.1) is 0 Å². The lowest BCUT2D eigenvalue weighted by Crippen LogP contribution is -2.44. The number of hydrogen-bond acceptors (Lipinski definition) is 3. The Morgan fingerprint density at radius 3 is 2.80 bits per heavy atom. The molecule has 0 radical (unpaired) electrons. The summed E-state index contributed by atoms with van der Waals surface area (Å²) in [5, 5.41) is 6.27. The Morgan fingerprint density at radius 1 is 1.35 bits per heavy atom. The molecule has 0 aliphatic heterocycles. The summed E-state index contributed by atoms with van der Waals surface area (Å²) in [5.74, 6) is 1.18. The summed E-state index contributed by atoms with van der Waals surface area (Å²) < 4.78 is 0. The molecule has 1 amide bonds. The van der Waals surface area contributed by atoms with Crippen molar-refractivity contribution < 1.29 is 4.79 Å². The number of nitrogens with one attached hydrogen (secondary N) is 2. The number of anilines is 1. The van der Waals surface area contributed by atoms with Crippen molar-refractivity contribution in [1.29, 1.82) is 0 Å². The molecule has 2 atom stereocenters. The van der Waals surface area contributed by atoms with Gasteiger partial charge in [-0.25, -0.2) is 0 Å². The van der Waals surface area contributed by atoms with E-state index >= 15 is 0 Å². The van der Waals surface area contributed by atoms with Crippen LogP contribution in [0.4, 0.5) is 5.69 Å². The summed E-state index contributed by atoms with van der Waals surface area (Å²) in [5.41, 5.74) is 1.46. The van der Waals surface area contributed by atoms with Crippen molar-refractivity contribution in [3.05, 3.63) is 24.0 Å². The highest BCUT2D eigenvalue weighted by Crippen LogP contribution is 2.30. The molecule has 4 heteroatoms. The van der Waals surface area contributed by atoms with E-state index in [0.29, 0.717) is 23.4 Å². The van der Waals surface area contributed by atoms with E-state index in [1.165, 1.54) is 19.3 Å². The fourth-order valence-electron chi connectivity index (χ4n) is 3.18. The number of aromatic nitrogens is 1. The molecule has 1 heterocycles. The fourth-order valence-corrected chi connectivity index (χ4v) is 3.18. The van der Waals surface area contributed by atoms with Crippen molar-refractivity contribution in [3.8, 4) is 0 Å². The maximum Gasteiger partial charge on any atom is 0.255 e. The Bertz CT molecular complexity index is 459. The molecular formula is C16H25N3O. The van der Waals surface area contributed by atoms with Crippen LogP contribution >= 0.6 is 0 Å². The second kappa shape index (κ2) is 6.73. The molecule has 110 valence electrons. The van der Waals surface area contributed by atoms with Gasteiger partial charge in [0.1, 0.15) is 0 Å². The zero-order valence-corrected chi connectivity index (χ0v) is 12.6. The van der Waals surface area contributed by atoms with Crippen LogP contribution in [0.1, 0.15) is 49.9 Å². The van der Waals surface area contributed by atoms with Gasteiger partial charge in [-0.1, -0.05) is 26.7 Å². The quantitative estimate of drug-likeness (QED) is 0.888. The van der Waals surface area contributed by atoms with Crippen molar-refractivity contribution in [3.63, 3.8) is 0 Å². The number of carbonyl (C=O) groups is 1. The van der Waals surface area contributed by atoms with Crippen LogP contribution < -0.4 is 10.6 Å². The van der Waals surface area contributed by atoms with Crippen LogP contribution in [-0.2, 0) is 0 Å². The Labute approximate surface area is 121 Å². The van der Waals surface area contributed by atoms with Gasteiger partial charge < -0.3 is 10.6 Å². The third-order valence-electron chi connectivity index (χ3n) is 4.33. The Balaban J connectivity index is 2.10. The molecule has 1 aliphatic carbocycles. The molecule has 0 spiro atoms. The molecule has 4 nitrogen and oxygen atoms in total. The third-order valence-corrected chi connectivity index (χ3v) is 4.33. The van der Waals surface area contributed by atoms with Crippen LogP contribution in [0.2, 0.25) is 0 Å². The van der Waals surface area contributed by atoms with E-state index < -0.39 is 0 Å². The van der Waals surface area contributed by atoms with Crippen LogP contribution in [0, 0.1) is 11.8 Å². The molecule has 1 aromatic heterocycles. The summed E-state index contributed by atoms with van der Waals surface area (Å²) >= 11 is 0.